The highest BCUT2D eigenvalue weighted by Crippen LogP contribution is 2.32. The van der Waals surface area contributed by atoms with Crippen LogP contribution in [0.25, 0.3) is 22.0 Å². The summed E-state index contributed by atoms with van der Waals surface area (Å²) in [7, 11) is -7.60. The number of rotatable bonds is 5. The predicted octanol–water partition coefficient (Wildman–Crippen LogP) is 2.64. The quantitative estimate of drug-likeness (QED) is 0.405. The summed E-state index contributed by atoms with van der Waals surface area (Å²) in [4.78, 5) is 0.0624. The Morgan fingerprint density at radius 3 is 2.03 bits per heavy atom. The molecule has 32 heavy (non-hydrogen) atoms. The van der Waals surface area contributed by atoms with E-state index in [2.05, 4.69) is 15.5 Å². The van der Waals surface area contributed by atoms with Crippen LogP contribution in [0.5, 0.6) is 0 Å². The summed E-state index contributed by atoms with van der Waals surface area (Å²) in [5.41, 5.74) is 2.40. The number of primary sulfonamides is 2. The minimum absolute atomic E-state index is 0.00708. The van der Waals surface area contributed by atoms with Crippen LogP contribution in [0.4, 0.5) is 11.5 Å². The van der Waals surface area contributed by atoms with Crippen LogP contribution in [0.2, 0.25) is 0 Å². The highest BCUT2D eigenvalue weighted by molar-refractivity contribution is 7.89. The molecule has 4 aromatic rings. The highest BCUT2D eigenvalue weighted by Gasteiger charge is 2.16. The maximum atomic E-state index is 11.7. The lowest BCUT2D eigenvalue weighted by Gasteiger charge is -2.12. The van der Waals surface area contributed by atoms with E-state index in [0.29, 0.717) is 28.3 Å². The molecule has 0 amide bonds. The number of aryl methyl sites for hydroxylation is 1. The number of sulfonamides is 2. The van der Waals surface area contributed by atoms with Crippen molar-refractivity contribution in [2.75, 3.05) is 5.32 Å². The van der Waals surface area contributed by atoms with Crippen molar-refractivity contribution < 1.29 is 16.8 Å². The molecule has 0 fully saturated rings. The molecule has 0 radical (unpaired) electrons. The lowest BCUT2D eigenvalue weighted by atomic mass is 10.0. The largest absolute Gasteiger partial charge is 0.338 e. The van der Waals surface area contributed by atoms with E-state index in [0.717, 1.165) is 10.8 Å². The molecule has 0 saturated heterocycles. The third-order valence-corrected chi connectivity index (χ3v) is 6.89. The van der Waals surface area contributed by atoms with E-state index in [9.17, 15) is 16.8 Å². The van der Waals surface area contributed by atoms with Gasteiger partial charge in [-0.3, -0.25) is 0 Å². The number of nitrogens with zero attached hydrogens (tertiary/aromatic N) is 2. The van der Waals surface area contributed by atoms with Gasteiger partial charge >= 0.3 is 0 Å². The molecule has 3 aromatic carbocycles. The lowest BCUT2D eigenvalue weighted by molar-refractivity contribution is 0.595. The summed E-state index contributed by atoms with van der Waals surface area (Å²) in [6.07, 6.45) is 0. The van der Waals surface area contributed by atoms with Crippen LogP contribution in [0.15, 0.2) is 76.5 Å². The second-order valence-corrected chi connectivity index (χ2v) is 10.3. The number of anilines is 2. The van der Waals surface area contributed by atoms with Gasteiger partial charge in [-0.15, -0.1) is 10.2 Å². The molecule has 5 N–H and O–H groups in total. The maximum absolute atomic E-state index is 11.7. The van der Waals surface area contributed by atoms with E-state index < -0.39 is 20.0 Å². The Hall–Kier alpha value is -3.38. The summed E-state index contributed by atoms with van der Waals surface area (Å²) < 4.78 is 46.3. The van der Waals surface area contributed by atoms with E-state index in [1.165, 1.54) is 18.2 Å². The van der Waals surface area contributed by atoms with Gasteiger partial charge in [-0.2, -0.15) is 0 Å². The van der Waals surface area contributed by atoms with Crippen LogP contribution in [0.3, 0.4) is 0 Å². The second kappa shape index (κ2) is 7.95. The minimum Gasteiger partial charge on any atom is -0.338 e. The standard InChI is InChI=1S/C21H19N5O4S2/c1-13-12-14(6-11-19(13)32(23,29)30)20-17-4-2-3-5-18(17)21(26-25-20)24-15-7-9-16(10-8-15)31(22,27)28/h2-12H,1H3,(H,24,26)(H2,22,27,28)(H2,23,29,30). The van der Waals surface area contributed by atoms with Crippen molar-refractivity contribution in [2.24, 2.45) is 10.3 Å². The molecule has 0 saturated carbocycles. The van der Waals surface area contributed by atoms with Gasteiger partial charge in [0.05, 0.1) is 9.79 Å². The summed E-state index contributed by atoms with van der Waals surface area (Å²) in [5, 5.41) is 23.8. The maximum Gasteiger partial charge on any atom is 0.238 e. The van der Waals surface area contributed by atoms with Gasteiger partial charge in [-0.1, -0.05) is 30.3 Å². The zero-order valence-corrected chi connectivity index (χ0v) is 18.5. The third kappa shape index (κ3) is 4.32. The zero-order chi connectivity index (χ0) is 23.1. The Morgan fingerprint density at radius 2 is 1.44 bits per heavy atom. The smallest absolute Gasteiger partial charge is 0.238 e. The number of hydrogen-bond acceptors (Lipinski definition) is 7. The normalized spacial score (nSPS) is 12.1. The van der Waals surface area contributed by atoms with Gasteiger partial charge in [-0.05, 0) is 48.9 Å². The topological polar surface area (TPSA) is 158 Å². The van der Waals surface area contributed by atoms with Gasteiger partial charge in [0.2, 0.25) is 20.0 Å². The highest BCUT2D eigenvalue weighted by atomic mass is 32.2. The van der Waals surface area contributed by atoms with Crippen LogP contribution in [-0.4, -0.2) is 27.0 Å². The predicted molar refractivity (Wildman–Crippen MR) is 122 cm³/mol. The molecule has 0 spiro atoms. The molecule has 0 unspecified atom stereocenters. The van der Waals surface area contributed by atoms with Crippen LogP contribution >= 0.6 is 0 Å². The number of nitrogens with one attached hydrogen (secondary N) is 1. The average Bonchev–Trinajstić information content (AvgIpc) is 2.73. The van der Waals surface area contributed by atoms with Crippen molar-refractivity contribution in [1.82, 2.24) is 10.2 Å². The van der Waals surface area contributed by atoms with Gasteiger partial charge in [0.25, 0.3) is 0 Å². The van der Waals surface area contributed by atoms with Gasteiger partial charge in [0.15, 0.2) is 5.82 Å². The fourth-order valence-electron chi connectivity index (χ4n) is 3.39. The molecule has 1 aromatic heterocycles. The van der Waals surface area contributed by atoms with Crippen LogP contribution in [0, 0.1) is 6.92 Å². The molecule has 4 rings (SSSR count). The van der Waals surface area contributed by atoms with Crippen molar-refractivity contribution >= 4 is 42.3 Å². The van der Waals surface area contributed by atoms with Crippen molar-refractivity contribution in [1.29, 1.82) is 0 Å². The molecular formula is C21H19N5O4S2. The average molecular weight is 470 g/mol. The molecule has 1 heterocycles. The first-order valence-corrected chi connectivity index (χ1v) is 12.4. The van der Waals surface area contributed by atoms with Crippen molar-refractivity contribution in [2.45, 2.75) is 16.7 Å². The monoisotopic (exact) mass is 469 g/mol. The Balaban J connectivity index is 1.76. The summed E-state index contributed by atoms with van der Waals surface area (Å²) in [5.74, 6) is 0.477. The van der Waals surface area contributed by atoms with Crippen molar-refractivity contribution in [3.63, 3.8) is 0 Å². The lowest BCUT2D eigenvalue weighted by Crippen LogP contribution is -2.13. The molecule has 9 nitrogen and oxygen atoms in total. The van der Waals surface area contributed by atoms with Gasteiger partial charge in [-0.25, -0.2) is 27.1 Å². The van der Waals surface area contributed by atoms with Gasteiger partial charge < -0.3 is 5.32 Å². The fraction of sp³-hybridized carbons (Fsp3) is 0.0476. The summed E-state index contributed by atoms with van der Waals surface area (Å²) in [6.45, 7) is 1.67. The first-order valence-electron chi connectivity index (χ1n) is 9.33. The van der Waals surface area contributed by atoms with Crippen molar-refractivity contribution in [3.8, 4) is 11.3 Å². The van der Waals surface area contributed by atoms with E-state index in [1.807, 2.05) is 24.3 Å². The SMILES string of the molecule is Cc1cc(-c2nnc(Nc3ccc(S(N)(=O)=O)cc3)c3ccccc23)ccc1S(N)(=O)=O. The fourth-order valence-corrected chi connectivity index (χ4v) is 4.67. The summed E-state index contributed by atoms with van der Waals surface area (Å²) in [6, 6.07) is 18.3. The molecule has 0 aliphatic rings. The molecule has 0 bridgehead atoms. The number of fused-ring (bicyclic) bond motifs is 1. The number of aromatic nitrogens is 2. The number of benzene rings is 3. The molecule has 0 aliphatic carbocycles. The molecule has 0 atom stereocenters. The Morgan fingerprint density at radius 1 is 0.781 bits per heavy atom. The number of nitrogens with two attached hydrogens (primary N) is 2. The Labute approximate surface area is 185 Å². The zero-order valence-electron chi connectivity index (χ0n) is 16.8. The number of hydrogen-bond donors (Lipinski definition) is 3. The van der Waals surface area contributed by atoms with E-state index in [4.69, 9.17) is 10.3 Å². The molecular weight excluding hydrogens is 450 g/mol. The minimum atomic E-state index is -3.82. The van der Waals surface area contributed by atoms with Crippen LogP contribution in [-0.2, 0) is 20.0 Å². The van der Waals surface area contributed by atoms with Gasteiger partial charge in [0.1, 0.15) is 5.69 Å². The van der Waals surface area contributed by atoms with E-state index in [1.54, 1.807) is 31.2 Å². The van der Waals surface area contributed by atoms with Gasteiger partial charge in [0, 0.05) is 22.0 Å². The second-order valence-electron chi connectivity index (χ2n) is 7.16. The Bertz CT molecular complexity index is 1550. The third-order valence-electron chi connectivity index (χ3n) is 4.89. The van der Waals surface area contributed by atoms with E-state index in [-0.39, 0.29) is 9.79 Å². The first kappa shape index (κ1) is 21.8. The molecule has 11 heteroatoms. The van der Waals surface area contributed by atoms with Crippen LogP contribution in [0.1, 0.15) is 5.56 Å². The summed E-state index contributed by atoms with van der Waals surface area (Å²) >= 11 is 0. The molecule has 0 aliphatic heterocycles. The van der Waals surface area contributed by atoms with Crippen molar-refractivity contribution in [3.05, 3.63) is 72.3 Å². The molecule has 164 valence electrons. The van der Waals surface area contributed by atoms with E-state index >= 15 is 0 Å². The van der Waals surface area contributed by atoms with Crippen LogP contribution < -0.4 is 15.6 Å². The Kier molecular flexibility index (Phi) is 5.42. The first-order chi connectivity index (χ1) is 15.0.